The smallest absolute Gasteiger partial charge is 0.337 e. The van der Waals surface area contributed by atoms with Crippen LogP contribution in [-0.4, -0.2) is 58.4 Å². The number of rotatable bonds is 12. The predicted molar refractivity (Wildman–Crippen MR) is 176 cm³/mol. The number of benzene rings is 2. The van der Waals surface area contributed by atoms with Gasteiger partial charge in [-0.25, -0.2) is 22.9 Å². The monoisotopic (exact) mass is 648 g/mol. The van der Waals surface area contributed by atoms with E-state index in [1.165, 1.54) is 34.4 Å². The van der Waals surface area contributed by atoms with Crippen molar-refractivity contribution in [1.82, 2.24) is 24.3 Å². The molecule has 0 aliphatic carbocycles. The van der Waals surface area contributed by atoms with E-state index in [4.69, 9.17) is 4.74 Å². The molecule has 5 aromatic rings. The van der Waals surface area contributed by atoms with E-state index in [9.17, 15) is 23.2 Å². The van der Waals surface area contributed by atoms with E-state index in [0.29, 0.717) is 49.0 Å². The SMILES string of the molecule is CCNC(=O)Nc1ccc(-c2sc3c(c2CN(C)CCOCC)c(=O)n(-c2cccnc2)c(=O)n3Cc2c(F)cccc2F)cc1. The Morgan fingerprint density at radius 2 is 1.76 bits per heavy atom. The predicted octanol–water partition coefficient (Wildman–Crippen LogP) is 5.21. The minimum atomic E-state index is -0.804. The Hall–Kier alpha value is -4.72. The molecule has 2 aromatic carbocycles. The number of halogens is 2. The lowest BCUT2D eigenvalue weighted by Crippen LogP contribution is -2.39. The van der Waals surface area contributed by atoms with Crippen LogP contribution in [0.5, 0.6) is 0 Å². The van der Waals surface area contributed by atoms with Crippen LogP contribution in [0.3, 0.4) is 0 Å². The molecule has 240 valence electrons. The standard InChI is InChI=1S/C33H34F2N6O4S/c1-4-37-32(43)38-22-13-11-21(12-14-22)29-25(19-39(3)16-17-45-5-2)28-30(42)41(23-8-7-15-36-18-23)33(44)40(31(28)46-29)20-24-26(34)9-6-10-27(24)35/h6-15,18H,4-5,16-17,19-20H2,1-3H3,(H2,37,38,43). The van der Waals surface area contributed by atoms with Crippen molar-refractivity contribution in [1.29, 1.82) is 0 Å². The maximum Gasteiger partial charge on any atom is 0.337 e. The number of hydrogen-bond donors (Lipinski definition) is 2. The molecule has 46 heavy (non-hydrogen) atoms. The number of carbonyl (C=O) groups excluding carboxylic acids is 1. The number of urea groups is 1. The molecule has 10 nitrogen and oxygen atoms in total. The van der Waals surface area contributed by atoms with Gasteiger partial charge in [0.25, 0.3) is 5.56 Å². The first-order valence-electron chi connectivity index (χ1n) is 14.8. The molecule has 0 saturated carbocycles. The van der Waals surface area contributed by atoms with E-state index in [1.807, 2.05) is 37.9 Å². The second kappa shape index (κ2) is 14.6. The van der Waals surface area contributed by atoms with E-state index >= 15 is 0 Å². The number of nitrogens with one attached hydrogen (secondary N) is 2. The molecule has 2 amide bonds. The van der Waals surface area contributed by atoms with Crippen molar-refractivity contribution in [2.24, 2.45) is 0 Å². The maximum absolute atomic E-state index is 14.9. The van der Waals surface area contributed by atoms with Crippen LogP contribution in [0.2, 0.25) is 0 Å². The quantitative estimate of drug-likeness (QED) is 0.180. The zero-order chi connectivity index (χ0) is 32.8. The van der Waals surface area contributed by atoms with Crippen LogP contribution in [0, 0.1) is 11.6 Å². The van der Waals surface area contributed by atoms with Crippen molar-refractivity contribution >= 4 is 33.3 Å². The second-order valence-corrected chi connectivity index (χ2v) is 11.5. The summed E-state index contributed by atoms with van der Waals surface area (Å²) in [5.41, 5.74) is 0.562. The van der Waals surface area contributed by atoms with Gasteiger partial charge in [-0.15, -0.1) is 11.3 Å². The molecule has 0 radical (unpaired) electrons. The first-order valence-corrected chi connectivity index (χ1v) is 15.6. The third-order valence-corrected chi connectivity index (χ3v) is 8.65. The zero-order valence-electron chi connectivity index (χ0n) is 25.7. The van der Waals surface area contributed by atoms with E-state index in [1.54, 1.807) is 24.3 Å². The lowest BCUT2D eigenvalue weighted by atomic mass is 10.1. The number of likely N-dealkylation sites (N-methyl/N-ethyl adjacent to an activating group) is 1. The summed E-state index contributed by atoms with van der Waals surface area (Å²) >= 11 is 1.20. The molecule has 13 heteroatoms. The fourth-order valence-corrected chi connectivity index (χ4v) is 6.40. The summed E-state index contributed by atoms with van der Waals surface area (Å²) in [7, 11) is 1.90. The number of thiophene rings is 1. The first-order chi connectivity index (χ1) is 22.2. The van der Waals surface area contributed by atoms with Crippen LogP contribution in [0.4, 0.5) is 19.3 Å². The minimum absolute atomic E-state index is 0.228. The fourth-order valence-electron chi connectivity index (χ4n) is 5.10. The van der Waals surface area contributed by atoms with Crippen LogP contribution in [0.15, 0.2) is 76.6 Å². The molecule has 0 aliphatic heterocycles. The van der Waals surface area contributed by atoms with Gasteiger partial charge in [-0.1, -0.05) is 18.2 Å². The molecule has 0 aliphatic rings. The van der Waals surface area contributed by atoms with Gasteiger partial charge >= 0.3 is 11.7 Å². The average molecular weight is 649 g/mol. The average Bonchev–Trinajstić information content (AvgIpc) is 3.40. The molecule has 3 heterocycles. The Morgan fingerprint density at radius 1 is 1.02 bits per heavy atom. The Kier molecular flexibility index (Phi) is 10.4. The summed E-state index contributed by atoms with van der Waals surface area (Å²) in [6.45, 7) is 5.68. The van der Waals surface area contributed by atoms with Crippen molar-refractivity contribution < 1.29 is 18.3 Å². The topological polar surface area (TPSA) is 110 Å². The van der Waals surface area contributed by atoms with Gasteiger partial charge < -0.3 is 15.4 Å². The number of amides is 2. The van der Waals surface area contributed by atoms with Crippen molar-refractivity contribution in [3.63, 3.8) is 0 Å². The second-order valence-electron chi connectivity index (χ2n) is 10.5. The van der Waals surface area contributed by atoms with Crippen LogP contribution in [-0.2, 0) is 17.8 Å². The lowest BCUT2D eigenvalue weighted by Gasteiger charge is -2.18. The van der Waals surface area contributed by atoms with E-state index in [0.717, 1.165) is 22.3 Å². The Bertz CT molecular complexity index is 1940. The summed E-state index contributed by atoms with van der Waals surface area (Å²) in [6, 6.07) is 13.5. The van der Waals surface area contributed by atoms with Gasteiger partial charge in [-0.3, -0.25) is 19.2 Å². The Labute approximate surface area is 267 Å². The number of aromatic nitrogens is 3. The highest BCUT2D eigenvalue weighted by atomic mass is 32.1. The Balaban J connectivity index is 1.76. The van der Waals surface area contributed by atoms with Crippen LogP contribution >= 0.6 is 11.3 Å². The summed E-state index contributed by atoms with van der Waals surface area (Å²) in [6.07, 6.45) is 2.91. The van der Waals surface area contributed by atoms with Crippen molar-refractivity contribution in [2.45, 2.75) is 26.9 Å². The first kappa shape index (κ1) is 32.7. The van der Waals surface area contributed by atoms with Gasteiger partial charge in [-0.2, -0.15) is 0 Å². The summed E-state index contributed by atoms with van der Waals surface area (Å²) in [5, 5.41) is 5.71. The van der Waals surface area contributed by atoms with Gasteiger partial charge in [0, 0.05) is 48.6 Å². The molecule has 0 bridgehead atoms. The largest absolute Gasteiger partial charge is 0.380 e. The molecular formula is C33H34F2N6O4S. The van der Waals surface area contributed by atoms with Gasteiger partial charge in [0.15, 0.2) is 0 Å². The molecular weight excluding hydrogens is 614 g/mol. The molecule has 0 saturated heterocycles. The number of anilines is 1. The third-order valence-electron chi connectivity index (χ3n) is 7.35. The summed E-state index contributed by atoms with van der Waals surface area (Å²) in [4.78, 5) is 47.5. The highest BCUT2D eigenvalue weighted by molar-refractivity contribution is 7.22. The number of fused-ring (bicyclic) bond motifs is 1. The molecule has 5 rings (SSSR count). The normalized spacial score (nSPS) is 11.3. The van der Waals surface area contributed by atoms with Gasteiger partial charge in [0.05, 0.1) is 30.4 Å². The molecule has 3 aromatic heterocycles. The highest BCUT2D eigenvalue weighted by Crippen LogP contribution is 2.38. The van der Waals surface area contributed by atoms with Crippen LogP contribution in [0.25, 0.3) is 26.3 Å². The number of ether oxygens (including phenoxy) is 1. The summed E-state index contributed by atoms with van der Waals surface area (Å²) < 4.78 is 37.6. The summed E-state index contributed by atoms with van der Waals surface area (Å²) in [5.74, 6) is -1.61. The molecule has 0 atom stereocenters. The van der Waals surface area contributed by atoms with Gasteiger partial charge in [0.1, 0.15) is 16.5 Å². The lowest BCUT2D eigenvalue weighted by molar-refractivity contribution is 0.120. The molecule has 0 spiro atoms. The minimum Gasteiger partial charge on any atom is -0.380 e. The van der Waals surface area contributed by atoms with E-state index in [2.05, 4.69) is 15.6 Å². The van der Waals surface area contributed by atoms with Crippen molar-refractivity contribution in [3.05, 3.63) is 111 Å². The van der Waals surface area contributed by atoms with E-state index in [-0.39, 0.29) is 27.5 Å². The fraction of sp³-hybridized carbons (Fsp3) is 0.273. The van der Waals surface area contributed by atoms with Gasteiger partial charge in [0.2, 0.25) is 0 Å². The molecule has 0 unspecified atom stereocenters. The number of carbonyl (C=O) groups is 1. The zero-order valence-corrected chi connectivity index (χ0v) is 26.5. The van der Waals surface area contributed by atoms with Crippen molar-refractivity contribution in [3.8, 4) is 16.1 Å². The number of hydrogen-bond acceptors (Lipinski definition) is 7. The number of pyridine rings is 1. The van der Waals surface area contributed by atoms with Gasteiger partial charge in [-0.05, 0) is 68.4 Å². The Morgan fingerprint density at radius 3 is 2.41 bits per heavy atom. The highest BCUT2D eigenvalue weighted by Gasteiger charge is 2.25. The molecule has 0 fully saturated rings. The van der Waals surface area contributed by atoms with Crippen LogP contribution < -0.4 is 21.9 Å². The van der Waals surface area contributed by atoms with Crippen LogP contribution in [0.1, 0.15) is 25.0 Å². The number of nitrogens with zero attached hydrogens (tertiary/aromatic N) is 4. The van der Waals surface area contributed by atoms with E-state index < -0.39 is 29.4 Å². The third kappa shape index (κ3) is 6.91. The maximum atomic E-state index is 14.9. The van der Waals surface area contributed by atoms with Crippen molar-refractivity contribution in [2.75, 3.05) is 38.7 Å². The molecule has 2 N–H and O–H groups in total.